The number of benzene rings is 2. The van der Waals surface area contributed by atoms with Gasteiger partial charge in [0.25, 0.3) is 5.82 Å². The molecule has 37 heavy (non-hydrogen) atoms. The predicted molar refractivity (Wildman–Crippen MR) is 137 cm³/mol. The molecule has 0 radical (unpaired) electrons. The van der Waals surface area contributed by atoms with E-state index in [1.165, 1.54) is 5.56 Å². The van der Waals surface area contributed by atoms with Gasteiger partial charge in [0.2, 0.25) is 5.88 Å². The molecule has 0 amide bonds. The van der Waals surface area contributed by atoms with Gasteiger partial charge in [0.1, 0.15) is 6.61 Å². The van der Waals surface area contributed by atoms with Crippen molar-refractivity contribution in [2.75, 3.05) is 13.2 Å². The number of nitrogens with one attached hydrogen (secondary N) is 1. The maximum Gasteiger partial charge on any atom is 0.453 e. The van der Waals surface area contributed by atoms with Crippen LogP contribution in [0.25, 0.3) is 16.4 Å². The summed E-state index contributed by atoms with van der Waals surface area (Å²) in [5.74, 6) is -1.23. The van der Waals surface area contributed by atoms with E-state index in [2.05, 4.69) is 46.2 Å². The average molecular weight is 509 g/mol. The van der Waals surface area contributed by atoms with Gasteiger partial charge in [-0.15, -0.1) is 15.3 Å². The molecule has 2 aromatic carbocycles. The van der Waals surface area contributed by atoms with Crippen molar-refractivity contribution in [1.82, 2.24) is 25.1 Å². The van der Waals surface area contributed by atoms with E-state index < -0.39 is 12.0 Å². The van der Waals surface area contributed by atoms with E-state index >= 15 is 0 Å². The lowest BCUT2D eigenvalue weighted by atomic mass is 10.1. The third-order valence-electron chi connectivity index (χ3n) is 5.56. The van der Waals surface area contributed by atoms with Crippen molar-refractivity contribution in [3.63, 3.8) is 0 Å². The third kappa shape index (κ3) is 6.53. The Hall–Kier alpha value is -4.18. The Bertz CT molecular complexity index is 1440. The molecule has 2 heterocycles. The highest BCUT2D eigenvalue weighted by atomic mass is 19.4. The van der Waals surface area contributed by atoms with Gasteiger partial charge in [0.05, 0.1) is 0 Å². The standard InChI is InChI=1S/C27H27F3N6O/c1-18(16-32-19(2)15-20-10-4-3-5-11-20)9-8-12-21(31)17-37-25-23-14-7-6-13-22(23)24-33-34-26(27(28,29)30)36(24)35-25/h3-14,19,32H,1,15-17,31H2,2H3/b9-8-,21-12-. The summed E-state index contributed by atoms with van der Waals surface area (Å²) in [6.45, 7) is 6.70. The molecule has 0 aliphatic carbocycles. The molecule has 0 aliphatic heterocycles. The Labute approximate surface area is 212 Å². The minimum Gasteiger partial charge on any atom is -0.470 e. The van der Waals surface area contributed by atoms with Crippen molar-refractivity contribution in [1.29, 1.82) is 0 Å². The maximum absolute atomic E-state index is 13.3. The Morgan fingerprint density at radius 2 is 1.81 bits per heavy atom. The molecule has 4 rings (SSSR count). The van der Waals surface area contributed by atoms with Gasteiger partial charge in [0.15, 0.2) is 5.65 Å². The molecule has 0 fully saturated rings. The molecule has 0 spiro atoms. The minimum absolute atomic E-state index is 0.00487. The van der Waals surface area contributed by atoms with Gasteiger partial charge in [-0.2, -0.15) is 17.7 Å². The van der Waals surface area contributed by atoms with Gasteiger partial charge in [-0.1, -0.05) is 67.3 Å². The van der Waals surface area contributed by atoms with Crippen molar-refractivity contribution in [3.8, 4) is 5.88 Å². The molecule has 4 aromatic rings. The molecule has 7 nitrogen and oxygen atoms in total. The fourth-order valence-corrected chi connectivity index (χ4v) is 3.75. The number of nitrogens with two attached hydrogens (primary N) is 1. The van der Waals surface area contributed by atoms with Crippen LogP contribution in [0.15, 0.2) is 90.7 Å². The van der Waals surface area contributed by atoms with Crippen molar-refractivity contribution in [2.24, 2.45) is 5.73 Å². The lowest BCUT2D eigenvalue weighted by molar-refractivity contribution is -0.146. The summed E-state index contributed by atoms with van der Waals surface area (Å²) < 4.78 is 46.4. The summed E-state index contributed by atoms with van der Waals surface area (Å²) in [7, 11) is 0. The first-order valence-corrected chi connectivity index (χ1v) is 11.6. The summed E-state index contributed by atoms with van der Waals surface area (Å²) in [4.78, 5) is 0. The van der Waals surface area contributed by atoms with Crippen molar-refractivity contribution in [3.05, 3.63) is 102 Å². The molecule has 192 valence electrons. The Balaban J connectivity index is 1.37. The van der Waals surface area contributed by atoms with Crippen LogP contribution in [-0.2, 0) is 12.6 Å². The lowest BCUT2D eigenvalue weighted by Crippen LogP contribution is -2.29. The largest absolute Gasteiger partial charge is 0.470 e. The molecule has 2 aromatic heterocycles. The van der Waals surface area contributed by atoms with E-state index in [-0.39, 0.29) is 24.2 Å². The number of ether oxygens (including phenoxy) is 1. The van der Waals surface area contributed by atoms with E-state index in [1.54, 1.807) is 36.4 Å². The highest BCUT2D eigenvalue weighted by Crippen LogP contribution is 2.32. The number of fused-ring (bicyclic) bond motifs is 3. The van der Waals surface area contributed by atoms with E-state index in [1.807, 2.05) is 24.3 Å². The molecule has 0 aliphatic rings. The zero-order valence-electron chi connectivity index (χ0n) is 20.2. The van der Waals surface area contributed by atoms with Crippen LogP contribution in [0.4, 0.5) is 13.2 Å². The smallest absolute Gasteiger partial charge is 0.453 e. The number of rotatable bonds is 10. The van der Waals surface area contributed by atoms with Crippen molar-refractivity contribution >= 4 is 16.4 Å². The number of halogens is 3. The molecular formula is C27H27F3N6O. The molecule has 0 saturated carbocycles. The fraction of sp³-hybridized carbons (Fsp3) is 0.222. The molecule has 0 bridgehead atoms. The summed E-state index contributed by atoms with van der Waals surface area (Å²) in [6, 6.07) is 17.3. The molecule has 3 N–H and O–H groups in total. The lowest BCUT2D eigenvalue weighted by Gasteiger charge is -2.14. The normalized spacial score (nSPS) is 13.5. The number of alkyl halides is 3. The van der Waals surface area contributed by atoms with E-state index in [9.17, 15) is 13.2 Å². The second kappa shape index (κ2) is 11.3. The van der Waals surface area contributed by atoms with Gasteiger partial charge in [-0.25, -0.2) is 0 Å². The predicted octanol–water partition coefficient (Wildman–Crippen LogP) is 4.85. The van der Waals surface area contributed by atoms with Gasteiger partial charge in [0, 0.05) is 29.1 Å². The second-order valence-electron chi connectivity index (χ2n) is 8.63. The quantitative estimate of drug-likeness (QED) is 0.298. The van der Waals surface area contributed by atoms with Crippen molar-refractivity contribution < 1.29 is 17.9 Å². The van der Waals surface area contributed by atoms with Crippen molar-refractivity contribution in [2.45, 2.75) is 25.6 Å². The number of allylic oxidation sites excluding steroid dienone is 2. The summed E-state index contributed by atoms with van der Waals surface area (Å²) in [6.07, 6.45) is 1.43. The topological polar surface area (TPSA) is 90.4 Å². The van der Waals surface area contributed by atoms with Crippen LogP contribution in [0.2, 0.25) is 0 Å². The first kappa shape index (κ1) is 25.9. The van der Waals surface area contributed by atoms with Crippen LogP contribution in [0.3, 0.4) is 0 Å². The van der Waals surface area contributed by atoms with Crippen LogP contribution >= 0.6 is 0 Å². The highest BCUT2D eigenvalue weighted by Gasteiger charge is 2.38. The van der Waals surface area contributed by atoms with Crippen LogP contribution in [-0.4, -0.2) is 39.0 Å². The van der Waals surface area contributed by atoms with Crippen LogP contribution in [0.1, 0.15) is 18.3 Å². The maximum atomic E-state index is 13.3. The Morgan fingerprint density at radius 1 is 1.11 bits per heavy atom. The average Bonchev–Trinajstić information content (AvgIpc) is 3.32. The van der Waals surface area contributed by atoms with E-state index in [0.717, 1.165) is 12.0 Å². The summed E-state index contributed by atoms with van der Waals surface area (Å²) in [5, 5.41) is 15.3. The van der Waals surface area contributed by atoms with Gasteiger partial charge in [-0.05, 0) is 36.6 Å². The molecule has 1 unspecified atom stereocenters. The SMILES string of the molecule is C=C(/C=C\C=C(/N)COc1nn2c(C(F)(F)F)nnc2c2ccccc12)CNC(C)Cc1ccccc1. The summed E-state index contributed by atoms with van der Waals surface area (Å²) >= 11 is 0. The molecule has 0 saturated heterocycles. The number of hydrogen-bond acceptors (Lipinski definition) is 6. The molecule has 10 heteroatoms. The fourth-order valence-electron chi connectivity index (χ4n) is 3.75. The summed E-state index contributed by atoms with van der Waals surface area (Å²) in [5.41, 5.74) is 8.54. The van der Waals surface area contributed by atoms with Gasteiger partial charge >= 0.3 is 6.18 Å². The van der Waals surface area contributed by atoms with E-state index in [0.29, 0.717) is 27.5 Å². The Morgan fingerprint density at radius 3 is 2.54 bits per heavy atom. The van der Waals surface area contributed by atoms with E-state index in [4.69, 9.17) is 10.5 Å². The van der Waals surface area contributed by atoms with Crippen LogP contribution < -0.4 is 15.8 Å². The molecular weight excluding hydrogens is 481 g/mol. The zero-order chi connectivity index (χ0) is 26.4. The molecule has 1 atom stereocenters. The zero-order valence-corrected chi connectivity index (χ0v) is 20.2. The monoisotopic (exact) mass is 508 g/mol. The van der Waals surface area contributed by atoms with Crippen LogP contribution in [0.5, 0.6) is 5.88 Å². The highest BCUT2D eigenvalue weighted by molar-refractivity contribution is 5.96. The van der Waals surface area contributed by atoms with Gasteiger partial charge < -0.3 is 15.8 Å². The Kier molecular flexibility index (Phi) is 7.88. The van der Waals surface area contributed by atoms with Crippen LogP contribution in [0, 0.1) is 0 Å². The van der Waals surface area contributed by atoms with Gasteiger partial charge in [-0.3, -0.25) is 0 Å². The second-order valence-corrected chi connectivity index (χ2v) is 8.63. The number of aromatic nitrogens is 4. The first-order valence-electron chi connectivity index (χ1n) is 11.6. The number of nitrogens with zero attached hydrogens (tertiary/aromatic N) is 4. The first-order chi connectivity index (χ1) is 17.7. The third-order valence-corrected chi connectivity index (χ3v) is 5.56. The minimum atomic E-state index is -4.72. The number of hydrogen-bond donors (Lipinski definition) is 2.